The number of para-hydroxylation sites is 1. The van der Waals surface area contributed by atoms with Crippen LogP contribution in [0.25, 0.3) is 0 Å². The molecule has 1 heterocycles. The van der Waals surface area contributed by atoms with E-state index in [0.717, 1.165) is 11.1 Å². The molecular weight excluding hydrogens is 566 g/mol. The van der Waals surface area contributed by atoms with Crippen LogP contribution in [-0.4, -0.2) is 43.0 Å². The number of hydrogen-bond donors (Lipinski definition) is 3. The van der Waals surface area contributed by atoms with Crippen LogP contribution in [0.15, 0.2) is 77.1 Å². The van der Waals surface area contributed by atoms with Crippen LogP contribution in [0.2, 0.25) is 0 Å². The first-order valence-electron chi connectivity index (χ1n) is 14.0. The lowest BCUT2D eigenvalue weighted by molar-refractivity contribution is -0.386. The Kier molecular flexibility index (Phi) is 8.30. The van der Waals surface area contributed by atoms with Gasteiger partial charge < -0.3 is 30.0 Å². The minimum Gasteiger partial charge on any atom is -0.500 e. The van der Waals surface area contributed by atoms with E-state index in [0.29, 0.717) is 40.6 Å². The van der Waals surface area contributed by atoms with Crippen LogP contribution in [0.1, 0.15) is 48.3 Å². The number of Topliss-reactive ketones (excluding diaryl/α,β-unsaturated/α-hetero) is 1. The van der Waals surface area contributed by atoms with Crippen LogP contribution in [0, 0.1) is 17.0 Å². The average Bonchev–Trinajstić information content (AvgIpc) is 3.00. The van der Waals surface area contributed by atoms with Crippen molar-refractivity contribution in [3.63, 3.8) is 0 Å². The van der Waals surface area contributed by atoms with E-state index in [4.69, 9.17) is 14.2 Å². The molecule has 1 aliphatic carbocycles. The number of dihydropyridines is 1. The first kappa shape index (κ1) is 30.1. The Morgan fingerprint density at radius 2 is 1.64 bits per heavy atom. The summed E-state index contributed by atoms with van der Waals surface area (Å²) in [6.07, 6.45) is 0.573. The van der Waals surface area contributed by atoms with E-state index < -0.39 is 28.2 Å². The van der Waals surface area contributed by atoms with Crippen LogP contribution < -0.4 is 24.8 Å². The molecule has 0 unspecified atom stereocenters. The number of aryl methyl sites for hydroxylation is 1. The number of ether oxygens (including phenoxy) is 3. The molecule has 11 nitrogen and oxygen atoms in total. The predicted octanol–water partition coefficient (Wildman–Crippen LogP) is 5.63. The van der Waals surface area contributed by atoms with Gasteiger partial charge in [0, 0.05) is 46.6 Å². The summed E-state index contributed by atoms with van der Waals surface area (Å²) >= 11 is 0. The Balaban J connectivity index is 1.64. The van der Waals surface area contributed by atoms with Crippen molar-refractivity contribution in [3.05, 3.63) is 104 Å². The average molecular weight is 600 g/mol. The van der Waals surface area contributed by atoms with Gasteiger partial charge in [0.25, 0.3) is 5.91 Å². The van der Waals surface area contributed by atoms with Crippen molar-refractivity contribution in [2.45, 2.75) is 38.5 Å². The normalized spacial score (nSPS) is 17.9. The number of allylic oxidation sites excluding steroid dienone is 3. The Bertz CT molecular complexity index is 1740. The number of nitrogens with one attached hydrogen (secondary N) is 2. The molecule has 44 heavy (non-hydrogen) atoms. The fourth-order valence-electron chi connectivity index (χ4n) is 5.99. The number of aromatic hydroxyl groups is 1. The number of phenolic OH excluding ortho intramolecular Hbond substituents is 1. The fourth-order valence-corrected chi connectivity index (χ4v) is 5.99. The van der Waals surface area contributed by atoms with Gasteiger partial charge in [-0.15, -0.1) is 0 Å². The molecule has 0 spiro atoms. The first-order valence-corrected chi connectivity index (χ1v) is 14.0. The van der Waals surface area contributed by atoms with Crippen molar-refractivity contribution in [2.24, 2.45) is 0 Å². The molecule has 1 amide bonds. The van der Waals surface area contributed by atoms with Crippen molar-refractivity contribution < 1.29 is 33.8 Å². The zero-order valence-electron chi connectivity index (χ0n) is 25.0. The molecular formula is C33H33N3O8. The lowest BCUT2D eigenvalue weighted by atomic mass is 9.71. The highest BCUT2D eigenvalue weighted by Crippen LogP contribution is 2.49. The number of anilines is 1. The zero-order valence-corrected chi connectivity index (χ0v) is 25.0. The summed E-state index contributed by atoms with van der Waals surface area (Å²) < 4.78 is 16.1. The molecule has 2 atom stereocenters. The number of amides is 1. The number of methoxy groups -OCH3 is 3. The van der Waals surface area contributed by atoms with Crippen molar-refractivity contribution in [2.75, 3.05) is 26.6 Å². The Labute approximate surface area is 254 Å². The van der Waals surface area contributed by atoms with E-state index in [1.165, 1.54) is 19.2 Å². The van der Waals surface area contributed by atoms with Crippen molar-refractivity contribution >= 4 is 23.1 Å². The molecule has 2 aliphatic rings. The molecule has 1 aliphatic heterocycles. The quantitative estimate of drug-likeness (QED) is 0.221. The SMILES string of the molecule is COc1ccc([C@@H]2CC(=O)C3=C(C2)NC(C)=C(C(=O)Nc2ccccc2C)[C@H]3c2cc(OC)c(O)c([N+](=O)[O-])c2)cc1OC. The Morgan fingerprint density at radius 3 is 2.30 bits per heavy atom. The Morgan fingerprint density at radius 1 is 0.955 bits per heavy atom. The smallest absolute Gasteiger partial charge is 0.314 e. The van der Waals surface area contributed by atoms with E-state index in [-0.39, 0.29) is 35.0 Å². The topological polar surface area (TPSA) is 149 Å². The minimum absolute atomic E-state index is 0.134. The molecule has 228 valence electrons. The van der Waals surface area contributed by atoms with Gasteiger partial charge in [-0.2, -0.15) is 0 Å². The summed E-state index contributed by atoms with van der Waals surface area (Å²) in [5.41, 5.74) is 3.67. The fraction of sp³-hybridized carbons (Fsp3) is 0.273. The van der Waals surface area contributed by atoms with Gasteiger partial charge in [0.1, 0.15) is 0 Å². The van der Waals surface area contributed by atoms with E-state index in [1.54, 1.807) is 39.3 Å². The van der Waals surface area contributed by atoms with Crippen LogP contribution >= 0.6 is 0 Å². The predicted molar refractivity (Wildman–Crippen MR) is 163 cm³/mol. The second kappa shape index (κ2) is 12.1. The van der Waals surface area contributed by atoms with Crippen molar-refractivity contribution in [1.82, 2.24) is 5.32 Å². The van der Waals surface area contributed by atoms with Crippen LogP contribution in [0.5, 0.6) is 23.0 Å². The van der Waals surface area contributed by atoms with Crippen molar-refractivity contribution in [1.29, 1.82) is 0 Å². The highest BCUT2D eigenvalue weighted by atomic mass is 16.6. The summed E-state index contributed by atoms with van der Waals surface area (Å²) in [7, 11) is 4.38. The lowest BCUT2D eigenvalue weighted by Gasteiger charge is -2.37. The highest BCUT2D eigenvalue weighted by molar-refractivity contribution is 6.10. The first-order chi connectivity index (χ1) is 21.1. The van der Waals surface area contributed by atoms with Gasteiger partial charge >= 0.3 is 5.69 Å². The number of carbonyl (C=O) groups excluding carboxylic acids is 2. The molecule has 0 bridgehead atoms. The maximum absolute atomic E-state index is 14.1. The highest BCUT2D eigenvalue weighted by Gasteiger charge is 2.42. The number of nitrogens with zero attached hydrogens (tertiary/aromatic N) is 1. The van der Waals surface area contributed by atoms with Gasteiger partial charge in [-0.05, 0) is 67.1 Å². The largest absolute Gasteiger partial charge is 0.500 e. The second-order valence-electron chi connectivity index (χ2n) is 10.7. The number of benzene rings is 3. The second-order valence-corrected chi connectivity index (χ2v) is 10.7. The van der Waals surface area contributed by atoms with Gasteiger partial charge in [0.2, 0.25) is 5.75 Å². The lowest BCUT2D eigenvalue weighted by Crippen LogP contribution is -2.37. The maximum atomic E-state index is 14.1. The van der Waals surface area contributed by atoms with Gasteiger partial charge in [-0.1, -0.05) is 24.3 Å². The number of hydrogen-bond acceptors (Lipinski definition) is 9. The summed E-state index contributed by atoms with van der Waals surface area (Å²) in [5.74, 6) is -1.52. The van der Waals surface area contributed by atoms with E-state index in [9.17, 15) is 24.8 Å². The van der Waals surface area contributed by atoms with Gasteiger partial charge in [-0.25, -0.2) is 0 Å². The van der Waals surface area contributed by atoms with E-state index in [2.05, 4.69) is 10.6 Å². The van der Waals surface area contributed by atoms with Gasteiger partial charge in [0.05, 0.1) is 26.3 Å². The molecule has 0 saturated carbocycles. The van der Waals surface area contributed by atoms with E-state index in [1.807, 2.05) is 31.2 Å². The van der Waals surface area contributed by atoms with Crippen LogP contribution in [-0.2, 0) is 9.59 Å². The maximum Gasteiger partial charge on any atom is 0.314 e. The molecule has 5 rings (SSSR count). The molecule has 3 aromatic rings. The number of nitro benzene ring substituents is 1. The van der Waals surface area contributed by atoms with Gasteiger partial charge in [-0.3, -0.25) is 19.7 Å². The number of phenols is 1. The standard InChI is InChI=1S/C33H33N3O8/c1-17-8-6-7-9-22(17)35-33(39)29-18(2)34-23-12-20(19-10-11-26(42-3)27(15-19)43-4)14-25(37)31(23)30(29)21-13-24(36(40)41)32(38)28(16-21)44-5/h6-11,13,15-16,20,30,34,38H,12,14H2,1-5H3,(H,35,39)/t20-,30+/m0/s1. The molecule has 11 heteroatoms. The molecule has 3 aromatic carbocycles. The number of carbonyl (C=O) groups is 2. The third-order valence-electron chi connectivity index (χ3n) is 8.17. The van der Waals surface area contributed by atoms with Crippen LogP contribution in [0.4, 0.5) is 11.4 Å². The molecule has 0 aromatic heterocycles. The monoisotopic (exact) mass is 599 g/mol. The summed E-state index contributed by atoms with van der Waals surface area (Å²) in [5, 5.41) is 28.7. The number of ketones is 1. The minimum atomic E-state index is -0.970. The summed E-state index contributed by atoms with van der Waals surface area (Å²) in [4.78, 5) is 39.2. The molecule has 0 radical (unpaired) electrons. The third-order valence-corrected chi connectivity index (χ3v) is 8.17. The molecule has 0 fully saturated rings. The molecule has 3 N–H and O–H groups in total. The summed E-state index contributed by atoms with van der Waals surface area (Å²) in [6, 6.07) is 15.5. The van der Waals surface area contributed by atoms with Crippen LogP contribution in [0.3, 0.4) is 0 Å². The number of rotatable bonds is 8. The Hall–Kier alpha value is -5.32. The van der Waals surface area contributed by atoms with E-state index >= 15 is 0 Å². The van der Waals surface area contributed by atoms with Crippen molar-refractivity contribution in [3.8, 4) is 23.0 Å². The van der Waals surface area contributed by atoms with Gasteiger partial charge in [0.15, 0.2) is 23.0 Å². The third kappa shape index (κ3) is 5.44. The molecule has 0 saturated heterocycles. The summed E-state index contributed by atoms with van der Waals surface area (Å²) in [6.45, 7) is 3.60. The number of nitro groups is 1. The zero-order chi connectivity index (χ0) is 31.7.